The minimum atomic E-state index is -0.563. The van der Waals surface area contributed by atoms with Crippen LogP contribution in [0, 0.1) is 6.92 Å². The van der Waals surface area contributed by atoms with Gasteiger partial charge in [-0.1, -0.05) is 48.0 Å². The van der Waals surface area contributed by atoms with E-state index in [1.54, 1.807) is 0 Å². The van der Waals surface area contributed by atoms with E-state index in [0.717, 1.165) is 16.8 Å². The molecule has 2 aromatic carbocycles. The second kappa shape index (κ2) is 5.72. The first kappa shape index (κ1) is 15.3. The highest BCUT2D eigenvalue weighted by Crippen LogP contribution is 2.35. The number of nitrogens with zero attached hydrogens (tertiary/aromatic N) is 1. The first-order chi connectivity index (χ1) is 9.84. The first-order valence-corrected chi connectivity index (χ1v) is 7.22. The van der Waals surface area contributed by atoms with Crippen molar-refractivity contribution < 1.29 is 4.79 Å². The maximum Gasteiger partial charge on any atom is 0.172 e. The van der Waals surface area contributed by atoms with Gasteiger partial charge in [-0.25, -0.2) is 0 Å². The molecule has 0 spiro atoms. The monoisotopic (exact) mass is 281 g/mol. The average molecular weight is 281 g/mol. The Morgan fingerprint density at radius 3 is 2.19 bits per heavy atom. The smallest absolute Gasteiger partial charge is 0.172 e. The van der Waals surface area contributed by atoms with Gasteiger partial charge in [0.05, 0.1) is 5.41 Å². The van der Waals surface area contributed by atoms with Gasteiger partial charge in [0.15, 0.2) is 5.78 Å². The molecular weight excluding hydrogens is 258 g/mol. The quantitative estimate of drug-likeness (QED) is 0.782. The molecule has 0 atom stereocenters. The highest BCUT2D eigenvalue weighted by atomic mass is 16.1. The predicted molar refractivity (Wildman–Crippen MR) is 89.3 cm³/mol. The molecular formula is C19H23NO. The SMILES string of the molecule is Cc1ccc(N(C)C)c(C(C)(C)C(=O)c2ccccc2)c1. The number of rotatable bonds is 4. The summed E-state index contributed by atoms with van der Waals surface area (Å²) in [6.07, 6.45) is 0. The van der Waals surface area contributed by atoms with E-state index < -0.39 is 5.41 Å². The lowest BCUT2D eigenvalue weighted by molar-refractivity contribution is 0.0909. The lowest BCUT2D eigenvalue weighted by atomic mass is 9.76. The van der Waals surface area contributed by atoms with Crippen molar-refractivity contribution in [1.82, 2.24) is 0 Å². The maximum atomic E-state index is 12.9. The molecule has 0 aromatic heterocycles. The summed E-state index contributed by atoms with van der Waals surface area (Å²) in [5.74, 6) is 0.150. The highest BCUT2D eigenvalue weighted by Gasteiger charge is 2.33. The Balaban J connectivity index is 2.53. The van der Waals surface area contributed by atoms with E-state index in [9.17, 15) is 4.79 Å². The predicted octanol–water partition coefficient (Wildman–Crippen LogP) is 4.22. The number of ketones is 1. The summed E-state index contributed by atoms with van der Waals surface area (Å²) in [4.78, 5) is 15.0. The van der Waals surface area contributed by atoms with Gasteiger partial charge in [-0.2, -0.15) is 0 Å². The van der Waals surface area contributed by atoms with E-state index in [0.29, 0.717) is 0 Å². The fourth-order valence-electron chi connectivity index (χ4n) is 2.61. The van der Waals surface area contributed by atoms with Gasteiger partial charge in [0.25, 0.3) is 0 Å². The molecule has 0 bridgehead atoms. The van der Waals surface area contributed by atoms with Crippen molar-refractivity contribution in [3.8, 4) is 0 Å². The molecule has 2 nitrogen and oxygen atoms in total. The summed E-state index contributed by atoms with van der Waals surface area (Å²) >= 11 is 0. The number of benzene rings is 2. The number of hydrogen-bond acceptors (Lipinski definition) is 2. The van der Waals surface area contributed by atoms with Gasteiger partial charge in [0.2, 0.25) is 0 Å². The van der Waals surface area contributed by atoms with Crippen LogP contribution in [0.5, 0.6) is 0 Å². The number of hydrogen-bond donors (Lipinski definition) is 0. The van der Waals surface area contributed by atoms with Gasteiger partial charge in [0.1, 0.15) is 0 Å². The summed E-state index contributed by atoms with van der Waals surface area (Å²) in [6.45, 7) is 6.07. The molecule has 0 fully saturated rings. The third kappa shape index (κ3) is 2.99. The molecule has 2 rings (SSSR count). The zero-order valence-electron chi connectivity index (χ0n) is 13.5. The number of anilines is 1. The van der Waals surface area contributed by atoms with Crippen molar-refractivity contribution in [3.63, 3.8) is 0 Å². The molecule has 0 saturated heterocycles. The largest absolute Gasteiger partial charge is 0.377 e. The minimum Gasteiger partial charge on any atom is -0.377 e. The Bertz CT molecular complexity index is 642. The van der Waals surface area contributed by atoms with Gasteiger partial charge in [-0.15, -0.1) is 0 Å². The van der Waals surface area contributed by atoms with E-state index in [1.165, 1.54) is 5.56 Å². The summed E-state index contributed by atoms with van der Waals surface area (Å²) in [6, 6.07) is 15.8. The van der Waals surface area contributed by atoms with Crippen LogP contribution in [0.15, 0.2) is 48.5 Å². The van der Waals surface area contributed by atoms with Gasteiger partial charge in [0, 0.05) is 25.3 Å². The first-order valence-electron chi connectivity index (χ1n) is 7.22. The Hall–Kier alpha value is -2.09. The standard InChI is InChI=1S/C19H23NO/c1-14-11-12-17(20(4)5)16(13-14)19(2,3)18(21)15-9-7-6-8-10-15/h6-13H,1-5H3. The topological polar surface area (TPSA) is 20.3 Å². The van der Waals surface area contributed by atoms with E-state index in [2.05, 4.69) is 30.0 Å². The van der Waals surface area contributed by atoms with Crippen molar-refractivity contribution in [2.24, 2.45) is 0 Å². The second-order valence-corrected chi connectivity index (χ2v) is 6.24. The van der Waals surface area contributed by atoms with Gasteiger partial charge >= 0.3 is 0 Å². The Morgan fingerprint density at radius 1 is 1.00 bits per heavy atom. The fraction of sp³-hybridized carbons (Fsp3) is 0.316. The van der Waals surface area contributed by atoms with Crippen LogP contribution in [-0.2, 0) is 5.41 Å². The van der Waals surface area contributed by atoms with E-state index in [4.69, 9.17) is 0 Å². The maximum absolute atomic E-state index is 12.9. The fourth-order valence-corrected chi connectivity index (χ4v) is 2.61. The highest BCUT2D eigenvalue weighted by molar-refractivity contribution is 6.04. The molecule has 2 aromatic rings. The summed E-state index contributed by atoms with van der Waals surface area (Å²) in [5, 5.41) is 0. The van der Waals surface area contributed by atoms with Crippen LogP contribution in [0.4, 0.5) is 5.69 Å². The molecule has 110 valence electrons. The molecule has 0 aliphatic carbocycles. The van der Waals surface area contributed by atoms with Crippen LogP contribution < -0.4 is 4.90 Å². The van der Waals surface area contributed by atoms with Crippen LogP contribution in [0.2, 0.25) is 0 Å². The lowest BCUT2D eigenvalue weighted by Gasteiger charge is -2.29. The van der Waals surface area contributed by atoms with E-state index in [-0.39, 0.29) is 5.78 Å². The average Bonchev–Trinajstić information content (AvgIpc) is 2.47. The third-order valence-electron chi connectivity index (χ3n) is 3.91. The Morgan fingerprint density at radius 2 is 1.62 bits per heavy atom. The molecule has 2 heteroatoms. The van der Waals surface area contributed by atoms with Gasteiger partial charge < -0.3 is 4.90 Å². The molecule has 0 aliphatic heterocycles. The van der Waals surface area contributed by atoms with Crippen molar-refractivity contribution in [2.45, 2.75) is 26.2 Å². The molecule has 0 aliphatic rings. The third-order valence-corrected chi connectivity index (χ3v) is 3.91. The minimum absolute atomic E-state index is 0.150. The second-order valence-electron chi connectivity index (χ2n) is 6.24. The molecule has 21 heavy (non-hydrogen) atoms. The Kier molecular flexibility index (Phi) is 4.17. The summed E-state index contributed by atoms with van der Waals surface area (Å²) in [5.41, 5.74) is 3.53. The Labute approximate surface area is 127 Å². The summed E-state index contributed by atoms with van der Waals surface area (Å²) in [7, 11) is 4.02. The zero-order chi connectivity index (χ0) is 15.6. The number of carbonyl (C=O) groups excluding carboxylic acids is 1. The van der Waals surface area contributed by atoms with Crippen LogP contribution >= 0.6 is 0 Å². The molecule has 0 N–H and O–H groups in total. The molecule has 0 saturated carbocycles. The van der Waals surface area contributed by atoms with Crippen molar-refractivity contribution in [2.75, 3.05) is 19.0 Å². The van der Waals surface area contributed by atoms with Crippen LogP contribution in [0.1, 0.15) is 35.3 Å². The van der Waals surface area contributed by atoms with E-state index in [1.807, 2.05) is 58.3 Å². The normalized spacial score (nSPS) is 11.3. The molecule has 0 amide bonds. The van der Waals surface area contributed by atoms with Gasteiger partial charge in [-0.05, 0) is 32.4 Å². The van der Waals surface area contributed by atoms with Crippen LogP contribution in [0.3, 0.4) is 0 Å². The number of carbonyl (C=O) groups is 1. The molecule has 0 heterocycles. The molecule has 0 radical (unpaired) electrons. The zero-order valence-corrected chi connectivity index (χ0v) is 13.5. The van der Waals surface area contributed by atoms with Crippen LogP contribution in [0.25, 0.3) is 0 Å². The lowest BCUT2D eigenvalue weighted by Crippen LogP contribution is -2.31. The number of Topliss-reactive ketones (excluding diaryl/α,β-unsaturated/α-hetero) is 1. The van der Waals surface area contributed by atoms with Gasteiger partial charge in [-0.3, -0.25) is 4.79 Å². The van der Waals surface area contributed by atoms with Crippen molar-refractivity contribution >= 4 is 11.5 Å². The van der Waals surface area contributed by atoms with E-state index >= 15 is 0 Å². The van der Waals surface area contributed by atoms with Crippen molar-refractivity contribution in [1.29, 1.82) is 0 Å². The van der Waals surface area contributed by atoms with Crippen LogP contribution in [-0.4, -0.2) is 19.9 Å². The number of aryl methyl sites for hydroxylation is 1. The molecule has 0 unspecified atom stereocenters. The summed E-state index contributed by atoms with van der Waals surface area (Å²) < 4.78 is 0. The van der Waals surface area contributed by atoms with Crippen molar-refractivity contribution in [3.05, 3.63) is 65.2 Å².